The van der Waals surface area contributed by atoms with Crippen LogP contribution in [0, 0.1) is 5.92 Å². The molecule has 1 aliphatic rings. The van der Waals surface area contributed by atoms with E-state index in [2.05, 4.69) is 5.32 Å². The van der Waals surface area contributed by atoms with Gasteiger partial charge in [-0.3, -0.25) is 4.79 Å². The van der Waals surface area contributed by atoms with E-state index < -0.39 is 6.17 Å². The molecule has 1 saturated heterocycles. The number of hydrogen-bond donors (Lipinski definition) is 1. The van der Waals surface area contributed by atoms with E-state index in [0.29, 0.717) is 11.1 Å². The van der Waals surface area contributed by atoms with Gasteiger partial charge in [-0.1, -0.05) is 24.3 Å². The van der Waals surface area contributed by atoms with Crippen molar-refractivity contribution in [2.24, 2.45) is 5.92 Å². The zero-order valence-electron chi connectivity index (χ0n) is 10.1. The van der Waals surface area contributed by atoms with Gasteiger partial charge in [0.25, 0.3) is 0 Å². The highest BCUT2D eigenvalue weighted by atomic mass is 19.1. The first-order chi connectivity index (χ1) is 8.18. The predicted octanol–water partition coefficient (Wildman–Crippen LogP) is 2.90. The van der Waals surface area contributed by atoms with Gasteiger partial charge in [0.1, 0.15) is 6.17 Å². The molecule has 1 fully saturated rings. The van der Waals surface area contributed by atoms with Gasteiger partial charge in [0.2, 0.25) is 0 Å². The average Bonchev–Trinajstić information content (AvgIpc) is 2.39. The summed E-state index contributed by atoms with van der Waals surface area (Å²) >= 11 is 0. The van der Waals surface area contributed by atoms with Gasteiger partial charge in [0, 0.05) is 18.0 Å². The van der Waals surface area contributed by atoms with Gasteiger partial charge in [-0.15, -0.1) is 0 Å². The Labute approximate surface area is 101 Å². The van der Waals surface area contributed by atoms with Crippen LogP contribution in [0.2, 0.25) is 0 Å². The Kier molecular flexibility index (Phi) is 3.89. The molecule has 0 aliphatic carbocycles. The van der Waals surface area contributed by atoms with Crippen LogP contribution in [-0.2, 0) is 0 Å². The van der Waals surface area contributed by atoms with Crippen LogP contribution in [0.1, 0.15) is 41.9 Å². The summed E-state index contributed by atoms with van der Waals surface area (Å²) in [5.41, 5.74) is 1.33. The van der Waals surface area contributed by atoms with Crippen LogP contribution < -0.4 is 5.32 Å². The molecule has 1 heterocycles. The fourth-order valence-corrected chi connectivity index (χ4v) is 2.30. The smallest absolute Gasteiger partial charge is 0.159 e. The van der Waals surface area contributed by atoms with E-state index in [1.165, 1.54) is 6.92 Å². The maximum Gasteiger partial charge on any atom is 0.159 e. The van der Waals surface area contributed by atoms with Crippen LogP contribution in [0.4, 0.5) is 4.39 Å². The Balaban J connectivity index is 2.07. The largest absolute Gasteiger partial charge is 0.316 e. The Hall–Kier alpha value is -1.22. The third-order valence-electron chi connectivity index (χ3n) is 3.38. The van der Waals surface area contributed by atoms with Crippen molar-refractivity contribution in [2.45, 2.75) is 25.9 Å². The Morgan fingerprint density at radius 1 is 1.41 bits per heavy atom. The number of ketones is 1. The molecule has 3 heteroatoms. The van der Waals surface area contributed by atoms with Gasteiger partial charge < -0.3 is 5.32 Å². The standard InChI is InChI=1S/C14H18FNO/c1-10(17)11-4-6-12(7-5-11)14(15)13-3-2-8-16-9-13/h4-7,13-14,16H,2-3,8-9H2,1H3. The molecule has 1 aromatic carbocycles. The molecular weight excluding hydrogens is 217 g/mol. The number of carbonyl (C=O) groups is 1. The summed E-state index contributed by atoms with van der Waals surface area (Å²) in [6.45, 7) is 3.26. The average molecular weight is 235 g/mol. The number of nitrogens with one attached hydrogen (secondary N) is 1. The summed E-state index contributed by atoms with van der Waals surface area (Å²) in [5.74, 6) is 0.0817. The van der Waals surface area contributed by atoms with Gasteiger partial charge in [0.15, 0.2) is 5.78 Å². The second-order valence-corrected chi connectivity index (χ2v) is 4.69. The Bertz CT molecular complexity index is 382. The normalized spacial score (nSPS) is 22.1. The van der Waals surface area contributed by atoms with Crippen molar-refractivity contribution in [2.75, 3.05) is 13.1 Å². The molecule has 92 valence electrons. The molecule has 2 rings (SSSR count). The second-order valence-electron chi connectivity index (χ2n) is 4.69. The summed E-state index contributed by atoms with van der Waals surface area (Å²) in [7, 11) is 0. The molecule has 1 aliphatic heterocycles. The summed E-state index contributed by atoms with van der Waals surface area (Å²) in [5, 5.41) is 3.22. The van der Waals surface area contributed by atoms with Crippen LogP contribution in [0.15, 0.2) is 24.3 Å². The monoisotopic (exact) mass is 235 g/mol. The lowest BCUT2D eigenvalue weighted by Gasteiger charge is -2.26. The van der Waals surface area contributed by atoms with E-state index in [1.807, 2.05) is 0 Å². The maximum absolute atomic E-state index is 14.2. The van der Waals surface area contributed by atoms with Crippen LogP contribution in [0.5, 0.6) is 0 Å². The topological polar surface area (TPSA) is 29.1 Å². The fourth-order valence-electron chi connectivity index (χ4n) is 2.30. The fraction of sp³-hybridized carbons (Fsp3) is 0.500. The predicted molar refractivity (Wildman–Crippen MR) is 65.9 cm³/mol. The molecule has 2 unspecified atom stereocenters. The summed E-state index contributed by atoms with van der Waals surface area (Å²) in [6, 6.07) is 6.88. The van der Waals surface area contributed by atoms with Crippen LogP contribution in [0.25, 0.3) is 0 Å². The SMILES string of the molecule is CC(=O)c1ccc(C(F)C2CCCNC2)cc1. The van der Waals surface area contributed by atoms with Crippen molar-refractivity contribution in [3.63, 3.8) is 0 Å². The lowest BCUT2D eigenvalue weighted by molar-refractivity contribution is 0.101. The van der Waals surface area contributed by atoms with Crippen molar-refractivity contribution in [1.82, 2.24) is 5.32 Å². The van der Waals surface area contributed by atoms with Gasteiger partial charge in [-0.25, -0.2) is 4.39 Å². The molecule has 0 saturated carbocycles. The molecule has 0 aromatic heterocycles. The molecule has 17 heavy (non-hydrogen) atoms. The lowest BCUT2D eigenvalue weighted by Crippen LogP contribution is -2.32. The zero-order chi connectivity index (χ0) is 12.3. The van der Waals surface area contributed by atoms with Gasteiger partial charge in [0.05, 0.1) is 0 Å². The van der Waals surface area contributed by atoms with E-state index in [9.17, 15) is 9.18 Å². The van der Waals surface area contributed by atoms with Crippen molar-refractivity contribution < 1.29 is 9.18 Å². The van der Waals surface area contributed by atoms with Crippen molar-refractivity contribution >= 4 is 5.78 Å². The van der Waals surface area contributed by atoms with E-state index >= 15 is 0 Å². The van der Waals surface area contributed by atoms with Crippen LogP contribution >= 0.6 is 0 Å². The highest BCUT2D eigenvalue weighted by Gasteiger charge is 2.24. The Morgan fingerprint density at radius 3 is 2.65 bits per heavy atom. The molecule has 0 amide bonds. The molecule has 1 N–H and O–H groups in total. The van der Waals surface area contributed by atoms with Crippen molar-refractivity contribution in [1.29, 1.82) is 0 Å². The van der Waals surface area contributed by atoms with Crippen molar-refractivity contribution in [3.8, 4) is 0 Å². The summed E-state index contributed by atoms with van der Waals surface area (Å²) < 4.78 is 14.2. The number of carbonyl (C=O) groups excluding carboxylic acids is 1. The van der Waals surface area contributed by atoms with Crippen LogP contribution in [0.3, 0.4) is 0 Å². The molecule has 2 nitrogen and oxygen atoms in total. The van der Waals surface area contributed by atoms with E-state index in [1.54, 1.807) is 24.3 Å². The molecular formula is C14H18FNO. The number of alkyl halides is 1. The molecule has 0 radical (unpaired) electrons. The van der Waals surface area contributed by atoms with E-state index in [4.69, 9.17) is 0 Å². The third kappa shape index (κ3) is 2.91. The number of hydrogen-bond acceptors (Lipinski definition) is 2. The molecule has 0 bridgehead atoms. The quantitative estimate of drug-likeness (QED) is 0.816. The summed E-state index contributed by atoms with van der Waals surface area (Å²) in [6.07, 6.45) is 1.04. The van der Waals surface area contributed by atoms with Gasteiger partial charge in [-0.05, 0) is 31.9 Å². The first-order valence-corrected chi connectivity index (χ1v) is 6.14. The highest BCUT2D eigenvalue weighted by molar-refractivity contribution is 5.94. The van der Waals surface area contributed by atoms with Crippen LogP contribution in [-0.4, -0.2) is 18.9 Å². The first-order valence-electron chi connectivity index (χ1n) is 6.14. The number of piperidine rings is 1. The van der Waals surface area contributed by atoms with Crippen molar-refractivity contribution in [3.05, 3.63) is 35.4 Å². The highest BCUT2D eigenvalue weighted by Crippen LogP contribution is 2.30. The number of halogens is 1. The second kappa shape index (κ2) is 5.41. The maximum atomic E-state index is 14.2. The van der Waals surface area contributed by atoms with E-state index in [-0.39, 0.29) is 11.7 Å². The first kappa shape index (κ1) is 12.2. The summed E-state index contributed by atoms with van der Waals surface area (Å²) in [4.78, 5) is 11.1. The number of Topliss-reactive ketones (excluding diaryl/α,β-unsaturated/α-hetero) is 1. The zero-order valence-corrected chi connectivity index (χ0v) is 10.1. The minimum atomic E-state index is -0.927. The van der Waals surface area contributed by atoms with Gasteiger partial charge >= 0.3 is 0 Å². The molecule has 0 spiro atoms. The minimum Gasteiger partial charge on any atom is -0.316 e. The van der Waals surface area contributed by atoms with E-state index in [0.717, 1.165) is 25.9 Å². The Morgan fingerprint density at radius 2 is 2.12 bits per heavy atom. The molecule has 1 aromatic rings. The lowest BCUT2D eigenvalue weighted by atomic mass is 9.90. The number of benzene rings is 1. The third-order valence-corrected chi connectivity index (χ3v) is 3.38. The van der Waals surface area contributed by atoms with Gasteiger partial charge in [-0.2, -0.15) is 0 Å². The minimum absolute atomic E-state index is 0.0197. The molecule has 2 atom stereocenters. The number of rotatable bonds is 3.